The van der Waals surface area contributed by atoms with Crippen molar-refractivity contribution in [2.75, 3.05) is 7.11 Å². The van der Waals surface area contributed by atoms with E-state index in [1.165, 1.54) is 7.11 Å². The van der Waals surface area contributed by atoms with Gasteiger partial charge in [0.05, 0.1) is 7.11 Å². The molecule has 0 amide bonds. The van der Waals surface area contributed by atoms with E-state index < -0.39 is 11.9 Å². The molecule has 24 heavy (non-hydrogen) atoms. The van der Waals surface area contributed by atoms with Crippen LogP contribution < -0.4 is 0 Å². The molecule has 0 bridgehead atoms. The van der Waals surface area contributed by atoms with Crippen LogP contribution in [0.2, 0.25) is 0 Å². The molecule has 4 heteroatoms. The Bertz CT molecular complexity index is 751. The van der Waals surface area contributed by atoms with Crippen LogP contribution in [0.15, 0.2) is 36.4 Å². The molecule has 0 N–H and O–H groups in total. The second-order valence-electron chi connectivity index (χ2n) is 5.87. The van der Waals surface area contributed by atoms with Crippen molar-refractivity contribution in [3.05, 3.63) is 69.8 Å². The van der Waals surface area contributed by atoms with E-state index in [9.17, 15) is 9.59 Å². The molecular weight excluding hydrogens is 319 g/mol. The Labute approximate surface area is 147 Å². The van der Waals surface area contributed by atoms with Crippen molar-refractivity contribution in [1.82, 2.24) is 0 Å². The Kier molecular flexibility index (Phi) is 6.86. The number of rotatable bonds is 4. The zero-order valence-corrected chi connectivity index (χ0v) is 16.4. The molecule has 2 aromatic rings. The molecule has 2 unspecified atom stereocenters. The predicted molar refractivity (Wildman–Crippen MR) is 102 cm³/mol. The van der Waals surface area contributed by atoms with Crippen LogP contribution >= 0.6 is 9.90 Å². The zero-order chi connectivity index (χ0) is 17.1. The summed E-state index contributed by atoms with van der Waals surface area (Å²) in [6, 6.07) is 11.1. The fourth-order valence-electron chi connectivity index (χ4n) is 2.97. The number of Topliss-reactive ketones (excluding diaryl/α,β-unsaturated/α-hetero) is 1. The first-order chi connectivity index (χ1) is 10.9. The molecule has 2 atom stereocenters. The first-order valence-electron chi connectivity index (χ1n) is 7.62. The monoisotopic (exact) mass is 344 g/mol. The molecule has 0 fully saturated rings. The highest BCUT2D eigenvalue weighted by molar-refractivity contribution is 6.92. The van der Waals surface area contributed by atoms with E-state index in [-0.39, 0.29) is 15.7 Å². The Morgan fingerprint density at radius 1 is 0.917 bits per heavy atom. The van der Waals surface area contributed by atoms with E-state index >= 15 is 0 Å². The van der Waals surface area contributed by atoms with Crippen molar-refractivity contribution in [1.29, 1.82) is 0 Å². The van der Waals surface area contributed by atoms with Gasteiger partial charge in [-0.15, -0.1) is 0 Å². The molecule has 0 saturated carbocycles. The quantitative estimate of drug-likeness (QED) is 0.363. The van der Waals surface area contributed by atoms with E-state index in [0.29, 0.717) is 11.1 Å². The Morgan fingerprint density at radius 2 is 1.50 bits per heavy atom. The normalized spacial score (nSPS) is 11.4. The fourth-order valence-corrected chi connectivity index (χ4v) is 2.97. The summed E-state index contributed by atoms with van der Waals surface area (Å²) in [7, 11) is 1.31. The third-order valence-corrected chi connectivity index (χ3v) is 4.43. The van der Waals surface area contributed by atoms with Gasteiger partial charge in [0.2, 0.25) is 0 Å². The molecule has 0 spiro atoms. The molecule has 3 nitrogen and oxygen atoms in total. The SMILES string of the molecule is COC(=O)C(C(=O)c1c(C)cc(C)c(C)c1C)c1ccccc1.P. The lowest BCUT2D eigenvalue weighted by Crippen LogP contribution is -2.25. The maximum atomic E-state index is 13.2. The van der Waals surface area contributed by atoms with E-state index in [1.54, 1.807) is 12.1 Å². The topological polar surface area (TPSA) is 43.4 Å². The zero-order valence-electron chi connectivity index (χ0n) is 15.0. The second-order valence-corrected chi connectivity index (χ2v) is 5.87. The number of ether oxygens (including phenoxy) is 1. The number of hydrogen-bond acceptors (Lipinski definition) is 3. The van der Waals surface area contributed by atoms with E-state index in [2.05, 4.69) is 0 Å². The largest absolute Gasteiger partial charge is 0.468 e. The van der Waals surface area contributed by atoms with Gasteiger partial charge >= 0.3 is 5.97 Å². The Balaban J connectivity index is 0.00000288. The molecule has 0 heterocycles. The summed E-state index contributed by atoms with van der Waals surface area (Å²) >= 11 is 0. The van der Waals surface area contributed by atoms with E-state index in [0.717, 1.165) is 22.3 Å². The van der Waals surface area contributed by atoms with Gasteiger partial charge in [-0.1, -0.05) is 36.4 Å². The summed E-state index contributed by atoms with van der Waals surface area (Å²) in [5.41, 5.74) is 5.31. The second kappa shape index (κ2) is 8.21. The predicted octanol–water partition coefficient (Wildman–Crippen LogP) is 4.12. The van der Waals surface area contributed by atoms with Gasteiger partial charge in [-0.2, -0.15) is 9.90 Å². The van der Waals surface area contributed by atoms with Gasteiger partial charge in [0, 0.05) is 5.56 Å². The summed E-state index contributed by atoms with van der Waals surface area (Å²) in [5.74, 6) is -1.67. The smallest absolute Gasteiger partial charge is 0.321 e. The first kappa shape index (κ1) is 20.1. The highest BCUT2D eigenvalue weighted by Crippen LogP contribution is 2.29. The third kappa shape index (κ3) is 3.73. The summed E-state index contributed by atoms with van der Waals surface area (Å²) in [6.07, 6.45) is 0. The number of benzene rings is 2. The number of hydrogen-bond donors (Lipinski definition) is 0. The standard InChI is InChI=1S/C20H22O3.H3P/c1-12-11-13(2)17(15(4)14(12)3)19(21)18(20(22)23-5)16-9-7-6-8-10-16;/h6-11,18H,1-5H3;1H3. The third-order valence-electron chi connectivity index (χ3n) is 4.43. The van der Waals surface area contributed by atoms with Crippen LogP contribution in [0.1, 0.15) is 44.1 Å². The highest BCUT2D eigenvalue weighted by atomic mass is 31.0. The number of esters is 1. The van der Waals surface area contributed by atoms with Crippen molar-refractivity contribution in [3.8, 4) is 0 Å². The van der Waals surface area contributed by atoms with Gasteiger partial charge < -0.3 is 4.74 Å². The Morgan fingerprint density at radius 3 is 2.04 bits per heavy atom. The van der Waals surface area contributed by atoms with Crippen molar-refractivity contribution in [2.24, 2.45) is 0 Å². The number of aryl methyl sites for hydroxylation is 2. The van der Waals surface area contributed by atoms with E-state index in [4.69, 9.17) is 4.74 Å². The lowest BCUT2D eigenvalue weighted by atomic mass is 9.84. The van der Waals surface area contributed by atoms with Gasteiger partial charge in [-0.25, -0.2) is 0 Å². The lowest BCUT2D eigenvalue weighted by molar-refractivity contribution is -0.141. The summed E-state index contributed by atoms with van der Waals surface area (Å²) in [4.78, 5) is 25.4. The van der Waals surface area contributed by atoms with Crippen LogP contribution in [0.3, 0.4) is 0 Å². The molecule has 0 aliphatic rings. The molecule has 0 aliphatic heterocycles. The number of carbonyl (C=O) groups excluding carboxylic acids is 2. The maximum absolute atomic E-state index is 13.2. The molecule has 0 aromatic heterocycles. The molecule has 0 aliphatic carbocycles. The summed E-state index contributed by atoms with van der Waals surface area (Å²) < 4.78 is 4.88. The lowest BCUT2D eigenvalue weighted by Gasteiger charge is -2.19. The van der Waals surface area contributed by atoms with Gasteiger partial charge in [-0.05, 0) is 55.5 Å². The van der Waals surface area contributed by atoms with Crippen molar-refractivity contribution in [2.45, 2.75) is 33.6 Å². The molecule has 128 valence electrons. The summed E-state index contributed by atoms with van der Waals surface area (Å²) in [6.45, 7) is 7.86. The molecule has 0 saturated heterocycles. The van der Waals surface area contributed by atoms with Crippen LogP contribution in [0, 0.1) is 27.7 Å². The number of carbonyl (C=O) groups is 2. The van der Waals surface area contributed by atoms with Gasteiger partial charge in [0.25, 0.3) is 0 Å². The van der Waals surface area contributed by atoms with Gasteiger partial charge in [0.15, 0.2) is 5.78 Å². The van der Waals surface area contributed by atoms with Crippen LogP contribution in [-0.4, -0.2) is 18.9 Å². The first-order valence-corrected chi connectivity index (χ1v) is 7.62. The van der Waals surface area contributed by atoms with Crippen molar-refractivity contribution >= 4 is 21.7 Å². The van der Waals surface area contributed by atoms with Gasteiger partial charge in [0.1, 0.15) is 5.92 Å². The average molecular weight is 344 g/mol. The summed E-state index contributed by atoms with van der Waals surface area (Å²) in [5, 5.41) is 0. The maximum Gasteiger partial charge on any atom is 0.321 e. The minimum absolute atomic E-state index is 0. The van der Waals surface area contributed by atoms with Crippen LogP contribution in [0.5, 0.6) is 0 Å². The molecule has 0 radical (unpaired) electrons. The highest BCUT2D eigenvalue weighted by Gasteiger charge is 2.32. The Hall–Kier alpha value is -1.99. The van der Waals surface area contributed by atoms with Crippen molar-refractivity contribution < 1.29 is 14.3 Å². The van der Waals surface area contributed by atoms with E-state index in [1.807, 2.05) is 52.0 Å². The van der Waals surface area contributed by atoms with Crippen LogP contribution in [0.4, 0.5) is 0 Å². The minimum Gasteiger partial charge on any atom is -0.468 e. The van der Waals surface area contributed by atoms with Crippen molar-refractivity contribution in [3.63, 3.8) is 0 Å². The van der Waals surface area contributed by atoms with Gasteiger partial charge in [-0.3, -0.25) is 9.59 Å². The fraction of sp³-hybridized carbons (Fsp3) is 0.300. The average Bonchev–Trinajstić information content (AvgIpc) is 2.53. The number of ketones is 1. The molecular formula is C20H25O3P. The van der Waals surface area contributed by atoms with Crippen LogP contribution in [-0.2, 0) is 9.53 Å². The minimum atomic E-state index is -0.930. The van der Waals surface area contributed by atoms with Crippen LogP contribution in [0.25, 0.3) is 0 Å². The number of methoxy groups -OCH3 is 1. The molecule has 2 rings (SSSR count). The molecule has 2 aromatic carbocycles.